The molecule has 0 aromatic rings. The number of carbonyl (C=O) groups excluding carboxylic acids is 1. The van der Waals surface area contributed by atoms with Crippen LogP contribution in [0.2, 0.25) is 0 Å². The third-order valence-corrected chi connectivity index (χ3v) is 4.51. The summed E-state index contributed by atoms with van der Waals surface area (Å²) in [6.45, 7) is 5.23. The molecular weight excluding hydrogens is 226 g/mol. The Bertz CT molecular complexity index is 295. The summed E-state index contributed by atoms with van der Waals surface area (Å²) in [7, 11) is 4.14. The highest BCUT2D eigenvalue weighted by Crippen LogP contribution is 2.20. The first-order chi connectivity index (χ1) is 8.58. The predicted molar refractivity (Wildman–Crippen MR) is 73.5 cm³/mol. The van der Waals surface area contributed by atoms with Gasteiger partial charge in [0.25, 0.3) is 0 Å². The minimum atomic E-state index is 0.234. The molecule has 1 N–H and O–H groups in total. The third-order valence-electron chi connectivity index (χ3n) is 4.51. The monoisotopic (exact) mass is 253 g/mol. The third kappa shape index (κ3) is 3.23. The van der Waals surface area contributed by atoms with Gasteiger partial charge in [-0.2, -0.15) is 0 Å². The van der Waals surface area contributed by atoms with Gasteiger partial charge in [0.1, 0.15) is 0 Å². The summed E-state index contributed by atoms with van der Waals surface area (Å²) in [5, 5.41) is 3.41. The molecule has 0 radical (unpaired) electrons. The molecule has 2 fully saturated rings. The van der Waals surface area contributed by atoms with Crippen molar-refractivity contribution in [3.8, 4) is 0 Å². The molecule has 0 aromatic heterocycles. The number of carbonyl (C=O) groups is 1. The Labute approximate surface area is 111 Å². The molecule has 2 saturated heterocycles. The normalized spacial score (nSPS) is 33.6. The molecule has 4 nitrogen and oxygen atoms in total. The summed E-state index contributed by atoms with van der Waals surface area (Å²) in [6, 6.07) is 1.05. The number of nitrogens with zero attached hydrogens (tertiary/aromatic N) is 2. The first-order valence-corrected chi connectivity index (χ1v) is 7.26. The predicted octanol–water partition coefficient (Wildman–Crippen LogP) is 0.927. The molecule has 18 heavy (non-hydrogen) atoms. The number of hydrogen-bond acceptors (Lipinski definition) is 3. The van der Waals surface area contributed by atoms with Crippen LogP contribution in [0.4, 0.5) is 0 Å². The van der Waals surface area contributed by atoms with Gasteiger partial charge in [-0.25, -0.2) is 0 Å². The molecule has 2 heterocycles. The second kappa shape index (κ2) is 6.02. The molecule has 3 atom stereocenters. The summed E-state index contributed by atoms with van der Waals surface area (Å²) in [5.41, 5.74) is 0. The molecule has 0 aromatic carbocycles. The summed E-state index contributed by atoms with van der Waals surface area (Å²) in [4.78, 5) is 16.8. The Morgan fingerprint density at radius 1 is 1.44 bits per heavy atom. The quantitative estimate of drug-likeness (QED) is 0.812. The number of hydrogen-bond donors (Lipinski definition) is 1. The van der Waals surface area contributed by atoms with Crippen molar-refractivity contribution in [2.24, 2.45) is 5.92 Å². The Kier molecular flexibility index (Phi) is 4.62. The largest absolute Gasteiger partial charge is 0.344 e. The number of likely N-dealkylation sites (tertiary alicyclic amines) is 1. The first-order valence-electron chi connectivity index (χ1n) is 7.26. The fourth-order valence-electron chi connectivity index (χ4n) is 3.28. The molecule has 2 aliphatic rings. The van der Waals surface area contributed by atoms with Crippen LogP contribution in [0.1, 0.15) is 32.6 Å². The lowest BCUT2D eigenvalue weighted by atomic mass is 9.92. The topological polar surface area (TPSA) is 35.6 Å². The van der Waals surface area contributed by atoms with E-state index in [0.29, 0.717) is 18.0 Å². The maximum Gasteiger partial charge on any atom is 0.225 e. The first kappa shape index (κ1) is 13.8. The van der Waals surface area contributed by atoms with E-state index >= 15 is 0 Å². The van der Waals surface area contributed by atoms with Gasteiger partial charge in [0.15, 0.2) is 0 Å². The summed E-state index contributed by atoms with van der Waals surface area (Å²) in [5.74, 6) is 0.585. The summed E-state index contributed by atoms with van der Waals surface area (Å²) < 4.78 is 0. The maximum absolute atomic E-state index is 12.4. The number of amides is 1. The van der Waals surface area contributed by atoms with E-state index in [9.17, 15) is 4.79 Å². The molecule has 2 rings (SSSR count). The van der Waals surface area contributed by atoms with Gasteiger partial charge in [-0.1, -0.05) is 0 Å². The second-order valence-corrected chi connectivity index (χ2v) is 6.07. The van der Waals surface area contributed by atoms with Crippen LogP contribution in [0.3, 0.4) is 0 Å². The van der Waals surface area contributed by atoms with E-state index in [1.807, 2.05) is 11.9 Å². The number of likely N-dealkylation sites (N-methyl/N-ethyl adjacent to an activating group) is 2. The zero-order chi connectivity index (χ0) is 13.1. The highest BCUT2D eigenvalue weighted by Gasteiger charge is 2.29. The van der Waals surface area contributed by atoms with Crippen LogP contribution < -0.4 is 5.32 Å². The van der Waals surface area contributed by atoms with Crippen molar-refractivity contribution >= 4 is 5.91 Å². The Hall–Kier alpha value is -0.610. The van der Waals surface area contributed by atoms with E-state index in [1.54, 1.807) is 0 Å². The highest BCUT2D eigenvalue weighted by molar-refractivity contribution is 5.78. The van der Waals surface area contributed by atoms with Gasteiger partial charge < -0.3 is 15.1 Å². The molecule has 2 aliphatic heterocycles. The molecule has 0 bridgehead atoms. The number of piperidine rings is 1. The van der Waals surface area contributed by atoms with E-state index < -0.39 is 0 Å². The summed E-state index contributed by atoms with van der Waals surface area (Å²) in [6.07, 6.45) is 4.49. The molecule has 0 aliphatic carbocycles. The van der Waals surface area contributed by atoms with Crippen molar-refractivity contribution < 1.29 is 4.79 Å². The van der Waals surface area contributed by atoms with Gasteiger partial charge in [0, 0.05) is 31.6 Å². The Morgan fingerprint density at radius 3 is 2.83 bits per heavy atom. The van der Waals surface area contributed by atoms with Gasteiger partial charge >= 0.3 is 0 Å². The van der Waals surface area contributed by atoms with Crippen molar-refractivity contribution in [3.05, 3.63) is 0 Å². The lowest BCUT2D eigenvalue weighted by Gasteiger charge is -2.32. The van der Waals surface area contributed by atoms with Crippen LogP contribution >= 0.6 is 0 Å². The van der Waals surface area contributed by atoms with Crippen molar-refractivity contribution in [1.82, 2.24) is 15.1 Å². The SMILES string of the molecule is CC1CC(C(=O)N(C)CC2CCCN2C)CCN1. The molecular formula is C14H27N3O. The summed E-state index contributed by atoms with van der Waals surface area (Å²) >= 11 is 0. The zero-order valence-corrected chi connectivity index (χ0v) is 12.0. The van der Waals surface area contributed by atoms with Crippen LogP contribution in [-0.4, -0.2) is 61.5 Å². The fraction of sp³-hybridized carbons (Fsp3) is 0.929. The number of nitrogens with one attached hydrogen (secondary N) is 1. The van der Waals surface area contributed by atoms with Gasteiger partial charge in [0.2, 0.25) is 5.91 Å². The van der Waals surface area contributed by atoms with Crippen molar-refractivity contribution in [2.75, 3.05) is 33.7 Å². The molecule has 3 unspecified atom stereocenters. The maximum atomic E-state index is 12.4. The van der Waals surface area contributed by atoms with Crippen molar-refractivity contribution in [2.45, 2.75) is 44.7 Å². The zero-order valence-electron chi connectivity index (χ0n) is 12.0. The highest BCUT2D eigenvalue weighted by atomic mass is 16.2. The lowest BCUT2D eigenvalue weighted by Crippen LogP contribution is -2.46. The van der Waals surface area contributed by atoms with Crippen LogP contribution in [-0.2, 0) is 4.79 Å². The van der Waals surface area contributed by atoms with E-state index in [0.717, 1.165) is 25.9 Å². The van der Waals surface area contributed by atoms with E-state index in [4.69, 9.17) is 0 Å². The number of rotatable bonds is 3. The van der Waals surface area contributed by atoms with E-state index in [-0.39, 0.29) is 5.92 Å². The standard InChI is InChI=1S/C14H27N3O/c1-11-9-12(6-7-15-11)14(18)17(3)10-13-5-4-8-16(13)2/h11-13,15H,4-10H2,1-3H3. The molecule has 104 valence electrons. The van der Waals surface area contributed by atoms with Crippen molar-refractivity contribution in [1.29, 1.82) is 0 Å². The average molecular weight is 253 g/mol. The van der Waals surface area contributed by atoms with E-state index in [1.165, 1.54) is 19.4 Å². The van der Waals surface area contributed by atoms with Crippen LogP contribution in [0, 0.1) is 5.92 Å². The Morgan fingerprint density at radius 2 is 2.22 bits per heavy atom. The van der Waals surface area contributed by atoms with Gasteiger partial charge in [-0.15, -0.1) is 0 Å². The second-order valence-electron chi connectivity index (χ2n) is 6.07. The molecule has 0 saturated carbocycles. The van der Waals surface area contributed by atoms with Crippen LogP contribution in [0.5, 0.6) is 0 Å². The fourth-order valence-corrected chi connectivity index (χ4v) is 3.28. The smallest absolute Gasteiger partial charge is 0.225 e. The minimum absolute atomic E-state index is 0.234. The van der Waals surface area contributed by atoms with Gasteiger partial charge in [0.05, 0.1) is 0 Å². The van der Waals surface area contributed by atoms with Crippen LogP contribution in [0.15, 0.2) is 0 Å². The molecule has 1 amide bonds. The average Bonchev–Trinajstić information content (AvgIpc) is 2.74. The minimum Gasteiger partial charge on any atom is -0.344 e. The molecule has 0 spiro atoms. The van der Waals surface area contributed by atoms with Gasteiger partial charge in [-0.3, -0.25) is 4.79 Å². The van der Waals surface area contributed by atoms with Crippen LogP contribution in [0.25, 0.3) is 0 Å². The van der Waals surface area contributed by atoms with E-state index in [2.05, 4.69) is 24.2 Å². The van der Waals surface area contributed by atoms with Crippen molar-refractivity contribution in [3.63, 3.8) is 0 Å². The Balaban J connectivity index is 1.84. The molecule has 4 heteroatoms. The lowest BCUT2D eigenvalue weighted by molar-refractivity contribution is -0.135. The van der Waals surface area contributed by atoms with Gasteiger partial charge in [-0.05, 0) is 52.7 Å².